The van der Waals surface area contributed by atoms with Crippen LogP contribution < -0.4 is 0 Å². The highest BCUT2D eigenvalue weighted by Gasteiger charge is 2.13. The summed E-state index contributed by atoms with van der Waals surface area (Å²) in [5, 5.41) is 10.0. The minimum Gasteiger partial charge on any atom is -0.506 e. The molecular formula is C14H9FN2O2. The van der Waals surface area contributed by atoms with E-state index in [0.29, 0.717) is 23.2 Å². The Morgan fingerprint density at radius 2 is 2.11 bits per heavy atom. The van der Waals surface area contributed by atoms with Gasteiger partial charge < -0.3 is 5.11 Å². The molecule has 0 atom stereocenters. The molecule has 94 valence electrons. The Hall–Kier alpha value is -2.69. The molecule has 4 nitrogen and oxygen atoms in total. The number of phenolic OH excluding ortho intramolecular Hbond substituents is 1. The number of pyridine rings is 1. The molecule has 0 bridgehead atoms. The fourth-order valence-electron chi connectivity index (χ4n) is 2.02. The average molecular weight is 256 g/mol. The van der Waals surface area contributed by atoms with Crippen LogP contribution in [0.3, 0.4) is 0 Å². The SMILES string of the molecule is O=Cc1cccc(-c2cnc3ccc(F)cn23)c1O. The number of nitrogens with zero attached hydrogens (tertiary/aromatic N) is 2. The van der Waals surface area contributed by atoms with Crippen molar-refractivity contribution in [1.29, 1.82) is 0 Å². The summed E-state index contributed by atoms with van der Waals surface area (Å²) in [5.74, 6) is -0.540. The van der Waals surface area contributed by atoms with E-state index in [4.69, 9.17) is 0 Å². The van der Waals surface area contributed by atoms with Crippen LogP contribution in [0.1, 0.15) is 10.4 Å². The first-order valence-electron chi connectivity index (χ1n) is 5.61. The van der Waals surface area contributed by atoms with Crippen LogP contribution >= 0.6 is 0 Å². The summed E-state index contributed by atoms with van der Waals surface area (Å²) in [5.41, 5.74) is 1.70. The van der Waals surface area contributed by atoms with E-state index in [1.165, 1.54) is 28.9 Å². The number of fused-ring (bicyclic) bond motifs is 1. The number of hydrogen-bond acceptors (Lipinski definition) is 3. The van der Waals surface area contributed by atoms with Gasteiger partial charge in [0.1, 0.15) is 17.2 Å². The van der Waals surface area contributed by atoms with Crippen LogP contribution in [-0.4, -0.2) is 20.8 Å². The number of carbonyl (C=O) groups is 1. The van der Waals surface area contributed by atoms with Gasteiger partial charge in [-0.2, -0.15) is 0 Å². The Labute approximate surface area is 107 Å². The molecule has 0 aliphatic carbocycles. The average Bonchev–Trinajstić information content (AvgIpc) is 2.82. The number of para-hydroxylation sites is 1. The van der Waals surface area contributed by atoms with Crippen LogP contribution in [-0.2, 0) is 0 Å². The molecule has 1 aromatic carbocycles. The smallest absolute Gasteiger partial charge is 0.153 e. The van der Waals surface area contributed by atoms with E-state index in [-0.39, 0.29) is 11.3 Å². The molecule has 0 aliphatic heterocycles. The molecule has 19 heavy (non-hydrogen) atoms. The number of aldehydes is 1. The number of phenols is 1. The second-order valence-electron chi connectivity index (χ2n) is 4.08. The molecule has 0 unspecified atom stereocenters. The maximum absolute atomic E-state index is 13.3. The Balaban J connectivity index is 2.30. The van der Waals surface area contributed by atoms with Gasteiger partial charge in [-0.25, -0.2) is 9.37 Å². The van der Waals surface area contributed by atoms with Gasteiger partial charge in [-0.1, -0.05) is 6.07 Å². The zero-order valence-corrected chi connectivity index (χ0v) is 9.75. The van der Waals surface area contributed by atoms with Gasteiger partial charge in [-0.05, 0) is 24.3 Å². The van der Waals surface area contributed by atoms with Crippen molar-refractivity contribution in [2.45, 2.75) is 0 Å². The lowest BCUT2D eigenvalue weighted by molar-refractivity contribution is 0.112. The molecule has 5 heteroatoms. The summed E-state index contributed by atoms with van der Waals surface area (Å²) >= 11 is 0. The minimum absolute atomic E-state index is 0.136. The van der Waals surface area contributed by atoms with Gasteiger partial charge in [-0.3, -0.25) is 9.20 Å². The second kappa shape index (κ2) is 4.20. The maximum atomic E-state index is 13.3. The first-order chi connectivity index (χ1) is 9.20. The number of halogens is 1. The first kappa shape index (κ1) is 11.4. The van der Waals surface area contributed by atoms with Crippen LogP contribution in [0.4, 0.5) is 4.39 Å². The first-order valence-corrected chi connectivity index (χ1v) is 5.61. The molecule has 2 aromatic heterocycles. The maximum Gasteiger partial charge on any atom is 0.153 e. The van der Waals surface area contributed by atoms with Crippen LogP contribution in [0, 0.1) is 5.82 Å². The zero-order valence-electron chi connectivity index (χ0n) is 9.75. The van der Waals surface area contributed by atoms with Gasteiger partial charge in [0.25, 0.3) is 0 Å². The van der Waals surface area contributed by atoms with Crippen molar-refractivity contribution in [3.8, 4) is 17.0 Å². The van der Waals surface area contributed by atoms with E-state index in [0.717, 1.165) is 0 Å². The van der Waals surface area contributed by atoms with E-state index in [9.17, 15) is 14.3 Å². The number of hydrogen-bond donors (Lipinski definition) is 1. The van der Waals surface area contributed by atoms with Gasteiger partial charge in [0.05, 0.1) is 17.5 Å². The van der Waals surface area contributed by atoms with Crippen molar-refractivity contribution in [2.24, 2.45) is 0 Å². The summed E-state index contributed by atoms with van der Waals surface area (Å²) < 4.78 is 14.8. The molecule has 0 amide bonds. The van der Waals surface area contributed by atoms with E-state index in [1.54, 1.807) is 18.2 Å². The number of aromatic hydroxyl groups is 1. The quantitative estimate of drug-likeness (QED) is 0.717. The molecule has 0 aliphatic rings. The fourth-order valence-corrected chi connectivity index (χ4v) is 2.02. The molecule has 0 spiro atoms. The van der Waals surface area contributed by atoms with Crippen molar-refractivity contribution in [1.82, 2.24) is 9.38 Å². The monoisotopic (exact) mass is 256 g/mol. The highest BCUT2D eigenvalue weighted by Crippen LogP contribution is 2.31. The Morgan fingerprint density at radius 1 is 1.26 bits per heavy atom. The van der Waals surface area contributed by atoms with E-state index < -0.39 is 5.82 Å². The molecule has 0 saturated carbocycles. The number of carbonyl (C=O) groups excluding carboxylic acids is 1. The van der Waals surface area contributed by atoms with E-state index in [2.05, 4.69) is 4.98 Å². The lowest BCUT2D eigenvalue weighted by Crippen LogP contribution is -1.91. The Morgan fingerprint density at radius 3 is 2.89 bits per heavy atom. The number of rotatable bonds is 2. The predicted molar refractivity (Wildman–Crippen MR) is 67.6 cm³/mol. The Bertz CT molecular complexity index is 780. The van der Waals surface area contributed by atoms with Gasteiger partial charge in [-0.15, -0.1) is 0 Å². The lowest BCUT2D eigenvalue weighted by atomic mass is 10.1. The summed E-state index contributed by atoms with van der Waals surface area (Å²) in [6, 6.07) is 7.66. The summed E-state index contributed by atoms with van der Waals surface area (Å²) in [4.78, 5) is 15.0. The van der Waals surface area contributed by atoms with Crippen LogP contribution in [0.2, 0.25) is 0 Å². The molecule has 2 heterocycles. The highest BCUT2D eigenvalue weighted by molar-refractivity contribution is 5.85. The number of aromatic nitrogens is 2. The Kier molecular flexibility index (Phi) is 2.52. The second-order valence-corrected chi connectivity index (χ2v) is 4.08. The molecule has 0 radical (unpaired) electrons. The van der Waals surface area contributed by atoms with Gasteiger partial charge in [0.15, 0.2) is 6.29 Å². The van der Waals surface area contributed by atoms with Crippen LogP contribution in [0.25, 0.3) is 16.9 Å². The van der Waals surface area contributed by atoms with Crippen molar-refractivity contribution in [2.75, 3.05) is 0 Å². The largest absolute Gasteiger partial charge is 0.506 e. The standard InChI is InChI=1S/C14H9FN2O2/c15-10-4-5-13-16-6-12(17(13)7-10)11-3-1-2-9(8-18)14(11)19/h1-8,19H. The third-order valence-corrected chi connectivity index (χ3v) is 2.94. The number of imidazole rings is 1. The fraction of sp³-hybridized carbons (Fsp3) is 0. The number of benzene rings is 1. The summed E-state index contributed by atoms with van der Waals surface area (Å²) in [6.45, 7) is 0. The molecular weight excluding hydrogens is 247 g/mol. The van der Waals surface area contributed by atoms with Crippen molar-refractivity contribution in [3.63, 3.8) is 0 Å². The van der Waals surface area contributed by atoms with E-state index >= 15 is 0 Å². The normalized spacial score (nSPS) is 10.8. The third-order valence-electron chi connectivity index (χ3n) is 2.94. The molecule has 0 fully saturated rings. The molecule has 3 aromatic rings. The van der Waals surface area contributed by atoms with Crippen molar-refractivity contribution < 1.29 is 14.3 Å². The molecule has 0 saturated heterocycles. The van der Waals surface area contributed by atoms with E-state index in [1.807, 2.05) is 0 Å². The van der Waals surface area contributed by atoms with Crippen LogP contribution in [0.5, 0.6) is 5.75 Å². The summed E-state index contributed by atoms with van der Waals surface area (Å²) in [6.07, 6.45) is 3.38. The van der Waals surface area contributed by atoms with Gasteiger partial charge in [0, 0.05) is 11.8 Å². The van der Waals surface area contributed by atoms with Gasteiger partial charge >= 0.3 is 0 Å². The van der Waals surface area contributed by atoms with Crippen molar-refractivity contribution >= 4 is 11.9 Å². The molecule has 1 N–H and O–H groups in total. The minimum atomic E-state index is -0.405. The topological polar surface area (TPSA) is 54.6 Å². The molecule has 3 rings (SSSR count). The van der Waals surface area contributed by atoms with Gasteiger partial charge in [0.2, 0.25) is 0 Å². The zero-order chi connectivity index (χ0) is 13.4. The third kappa shape index (κ3) is 1.76. The van der Waals surface area contributed by atoms with Crippen molar-refractivity contribution in [3.05, 3.63) is 54.1 Å². The predicted octanol–water partition coefficient (Wildman–Crippen LogP) is 2.66. The lowest BCUT2D eigenvalue weighted by Gasteiger charge is -2.06. The highest BCUT2D eigenvalue weighted by atomic mass is 19.1. The summed E-state index contributed by atoms with van der Waals surface area (Å²) in [7, 11) is 0. The van der Waals surface area contributed by atoms with Crippen LogP contribution in [0.15, 0.2) is 42.7 Å².